The summed E-state index contributed by atoms with van der Waals surface area (Å²) in [5, 5.41) is 9.88. The molecule has 1 fully saturated rings. The molecule has 0 aromatic heterocycles. The van der Waals surface area contributed by atoms with Gasteiger partial charge in [-0.05, 0) is 33.1 Å². The van der Waals surface area contributed by atoms with E-state index in [4.69, 9.17) is 5.73 Å². The van der Waals surface area contributed by atoms with Gasteiger partial charge in [0.2, 0.25) is 0 Å². The predicted molar refractivity (Wildman–Crippen MR) is 46.2 cm³/mol. The Balaban J connectivity index is 2.62. The summed E-state index contributed by atoms with van der Waals surface area (Å²) >= 11 is 0. The van der Waals surface area contributed by atoms with Crippen LogP contribution in [-0.4, -0.2) is 16.7 Å². The molecule has 1 aliphatic carbocycles. The topological polar surface area (TPSA) is 46.2 Å². The summed E-state index contributed by atoms with van der Waals surface area (Å²) in [6, 6.07) is 0.190. The molecule has 11 heavy (non-hydrogen) atoms. The van der Waals surface area contributed by atoms with E-state index in [2.05, 4.69) is 0 Å². The van der Waals surface area contributed by atoms with Crippen LogP contribution in [0.15, 0.2) is 11.6 Å². The maximum atomic E-state index is 9.88. The highest BCUT2D eigenvalue weighted by atomic mass is 16.3. The quantitative estimate of drug-likeness (QED) is 0.559. The van der Waals surface area contributed by atoms with Crippen LogP contribution in [0.5, 0.6) is 0 Å². The summed E-state index contributed by atoms with van der Waals surface area (Å²) in [7, 11) is 0. The van der Waals surface area contributed by atoms with Crippen molar-refractivity contribution in [1.29, 1.82) is 0 Å². The first kappa shape index (κ1) is 8.75. The van der Waals surface area contributed by atoms with Crippen molar-refractivity contribution in [2.24, 2.45) is 5.73 Å². The lowest BCUT2D eigenvalue weighted by Crippen LogP contribution is -2.25. The van der Waals surface area contributed by atoms with Crippen LogP contribution in [0.2, 0.25) is 0 Å². The van der Waals surface area contributed by atoms with Crippen molar-refractivity contribution in [1.82, 2.24) is 0 Å². The molecule has 1 rings (SSSR count). The van der Waals surface area contributed by atoms with Gasteiger partial charge >= 0.3 is 0 Å². The van der Waals surface area contributed by atoms with E-state index in [1.54, 1.807) is 0 Å². The number of nitrogens with two attached hydrogens (primary N) is 1. The first-order valence-electron chi connectivity index (χ1n) is 4.16. The van der Waals surface area contributed by atoms with Gasteiger partial charge in [-0.15, -0.1) is 0 Å². The fraction of sp³-hybridized carbons (Fsp3) is 0.778. The summed E-state index contributed by atoms with van der Waals surface area (Å²) in [5.74, 6) is 0. The highest BCUT2D eigenvalue weighted by molar-refractivity contribution is 5.10. The maximum Gasteiger partial charge on any atom is 0.0845 e. The average molecular weight is 155 g/mol. The lowest BCUT2D eigenvalue weighted by Gasteiger charge is -2.17. The molecule has 1 saturated carbocycles. The molecule has 0 saturated heterocycles. The van der Waals surface area contributed by atoms with Gasteiger partial charge in [-0.2, -0.15) is 0 Å². The molecule has 2 nitrogen and oxygen atoms in total. The Kier molecular flexibility index (Phi) is 2.35. The summed E-state index contributed by atoms with van der Waals surface area (Å²) in [6.07, 6.45) is 4.41. The van der Waals surface area contributed by atoms with Crippen LogP contribution < -0.4 is 5.73 Å². The van der Waals surface area contributed by atoms with Crippen molar-refractivity contribution >= 4 is 0 Å². The molecule has 0 heterocycles. The number of allylic oxidation sites excluding steroid dienone is 1. The summed E-state index contributed by atoms with van der Waals surface area (Å²) < 4.78 is 0. The Labute approximate surface area is 68.1 Å². The fourth-order valence-electron chi connectivity index (χ4n) is 1.76. The lowest BCUT2D eigenvalue weighted by atomic mass is 9.99. The molecule has 0 aliphatic heterocycles. The second kappa shape index (κ2) is 2.95. The van der Waals surface area contributed by atoms with E-state index in [0.29, 0.717) is 0 Å². The zero-order valence-electron chi connectivity index (χ0n) is 7.30. The average Bonchev–Trinajstić information content (AvgIpc) is 2.08. The normalized spacial score (nSPS) is 37.3. The van der Waals surface area contributed by atoms with Crippen LogP contribution in [0.1, 0.15) is 33.1 Å². The molecule has 2 unspecified atom stereocenters. The van der Waals surface area contributed by atoms with Crippen molar-refractivity contribution in [2.45, 2.75) is 44.8 Å². The van der Waals surface area contributed by atoms with Crippen LogP contribution in [0.4, 0.5) is 0 Å². The van der Waals surface area contributed by atoms with E-state index >= 15 is 0 Å². The minimum Gasteiger partial charge on any atom is -0.386 e. The van der Waals surface area contributed by atoms with Crippen LogP contribution in [0.25, 0.3) is 0 Å². The fourth-order valence-corrected chi connectivity index (χ4v) is 1.76. The summed E-state index contributed by atoms with van der Waals surface area (Å²) in [4.78, 5) is 0. The Morgan fingerprint density at radius 3 is 2.64 bits per heavy atom. The number of hydrogen-bond acceptors (Lipinski definition) is 2. The van der Waals surface area contributed by atoms with Crippen LogP contribution in [-0.2, 0) is 0 Å². The van der Waals surface area contributed by atoms with E-state index in [-0.39, 0.29) is 6.04 Å². The third-order valence-electron chi connectivity index (χ3n) is 2.12. The lowest BCUT2D eigenvalue weighted by molar-refractivity contribution is 0.0969. The predicted octanol–water partition coefficient (Wildman–Crippen LogP) is 1.19. The van der Waals surface area contributed by atoms with E-state index in [1.807, 2.05) is 19.9 Å². The minimum absolute atomic E-state index is 0.190. The summed E-state index contributed by atoms with van der Waals surface area (Å²) in [5.41, 5.74) is 6.27. The zero-order chi connectivity index (χ0) is 8.48. The Hall–Kier alpha value is -0.340. The van der Waals surface area contributed by atoms with Crippen LogP contribution >= 0.6 is 0 Å². The molecule has 64 valence electrons. The molecular weight excluding hydrogens is 138 g/mol. The first-order chi connectivity index (χ1) is 5.02. The molecule has 0 spiro atoms. The van der Waals surface area contributed by atoms with Crippen LogP contribution in [0.3, 0.4) is 0 Å². The van der Waals surface area contributed by atoms with Crippen molar-refractivity contribution in [3.8, 4) is 0 Å². The van der Waals surface area contributed by atoms with Gasteiger partial charge in [-0.25, -0.2) is 0 Å². The molecule has 0 aromatic rings. The minimum atomic E-state index is -0.599. The largest absolute Gasteiger partial charge is 0.386 e. The molecule has 0 radical (unpaired) electrons. The smallest absolute Gasteiger partial charge is 0.0845 e. The Bertz CT molecular complexity index is 172. The van der Waals surface area contributed by atoms with Gasteiger partial charge in [-0.1, -0.05) is 11.6 Å². The van der Waals surface area contributed by atoms with Gasteiger partial charge in [0.05, 0.1) is 5.60 Å². The zero-order valence-corrected chi connectivity index (χ0v) is 7.30. The first-order valence-corrected chi connectivity index (χ1v) is 4.16. The van der Waals surface area contributed by atoms with E-state index < -0.39 is 5.60 Å². The SMILES string of the molecule is CC(C)=CC1(O)CCC(N)C1. The number of aliphatic hydroxyl groups is 1. The number of rotatable bonds is 1. The Morgan fingerprint density at radius 1 is 1.64 bits per heavy atom. The summed E-state index contributed by atoms with van der Waals surface area (Å²) in [6.45, 7) is 4.00. The molecule has 2 atom stereocenters. The van der Waals surface area contributed by atoms with Gasteiger partial charge in [0.1, 0.15) is 0 Å². The second-order valence-corrected chi connectivity index (χ2v) is 3.83. The van der Waals surface area contributed by atoms with Crippen molar-refractivity contribution < 1.29 is 5.11 Å². The third kappa shape index (κ3) is 2.31. The van der Waals surface area contributed by atoms with Gasteiger partial charge < -0.3 is 10.8 Å². The van der Waals surface area contributed by atoms with Crippen LogP contribution in [0, 0.1) is 0 Å². The third-order valence-corrected chi connectivity index (χ3v) is 2.12. The molecule has 3 N–H and O–H groups in total. The molecule has 0 amide bonds. The number of hydrogen-bond donors (Lipinski definition) is 2. The molecule has 0 aromatic carbocycles. The van der Waals surface area contributed by atoms with E-state index in [9.17, 15) is 5.11 Å². The van der Waals surface area contributed by atoms with Crippen molar-refractivity contribution in [3.05, 3.63) is 11.6 Å². The molecular formula is C9H17NO. The molecule has 0 bridgehead atoms. The Morgan fingerprint density at radius 2 is 2.27 bits per heavy atom. The highest BCUT2D eigenvalue weighted by Gasteiger charge is 2.33. The standard InChI is InChI=1S/C9H17NO/c1-7(2)5-9(11)4-3-8(10)6-9/h5,8,11H,3-4,6,10H2,1-2H3. The highest BCUT2D eigenvalue weighted by Crippen LogP contribution is 2.30. The van der Waals surface area contributed by atoms with Gasteiger partial charge in [0.25, 0.3) is 0 Å². The van der Waals surface area contributed by atoms with E-state index in [1.165, 1.54) is 5.57 Å². The van der Waals surface area contributed by atoms with Gasteiger partial charge in [-0.3, -0.25) is 0 Å². The molecule has 2 heteroatoms. The second-order valence-electron chi connectivity index (χ2n) is 3.83. The monoisotopic (exact) mass is 155 g/mol. The van der Waals surface area contributed by atoms with Gasteiger partial charge in [0, 0.05) is 6.04 Å². The van der Waals surface area contributed by atoms with Crippen molar-refractivity contribution in [2.75, 3.05) is 0 Å². The molecule has 1 aliphatic rings. The van der Waals surface area contributed by atoms with E-state index in [0.717, 1.165) is 19.3 Å². The maximum absolute atomic E-state index is 9.88. The van der Waals surface area contributed by atoms with Crippen molar-refractivity contribution in [3.63, 3.8) is 0 Å². The van der Waals surface area contributed by atoms with Gasteiger partial charge in [0.15, 0.2) is 0 Å².